The largest absolute Gasteiger partial charge is 1.00 e. The monoisotopic (exact) mass is 86.0 g/mol. The first-order valence-corrected chi connectivity index (χ1v) is 0.289. The molecule has 0 aromatic heterocycles. The fraction of sp³-hybridized carbons (Fsp3) is 0. The van der Waals surface area contributed by atoms with Gasteiger partial charge in [-0.1, -0.05) is 0 Å². The van der Waals surface area contributed by atoms with Gasteiger partial charge in [0.05, 0.1) is 0 Å². The van der Waals surface area contributed by atoms with Gasteiger partial charge in [0.2, 0.25) is 0 Å². The van der Waals surface area contributed by atoms with Gasteiger partial charge in [-0.3, -0.25) is 0 Å². The van der Waals surface area contributed by atoms with E-state index in [-0.39, 0.29) is 56.9 Å². The van der Waals surface area contributed by atoms with Crippen molar-refractivity contribution in [3.8, 4) is 0 Å². The van der Waals surface area contributed by atoms with Crippen molar-refractivity contribution in [2.45, 2.75) is 0 Å². The second kappa shape index (κ2) is 28.4. The summed E-state index contributed by atoms with van der Waals surface area (Å²) in [5.74, 6) is 0. The van der Waals surface area contributed by atoms with Crippen LogP contribution in [-0.2, 0) is 4.79 Å². The molecule has 0 aliphatic heterocycles. The predicted molar refractivity (Wildman–Crippen MR) is 9.06 cm³/mol. The molecule has 0 unspecified atom stereocenters. The van der Waals surface area contributed by atoms with E-state index in [4.69, 9.17) is 4.79 Å². The minimum absolute atomic E-state index is 0. The average Bonchev–Trinajstić information content (AvgIpc) is 1.00. The quantitative estimate of drug-likeness (QED) is 0.289. The van der Waals surface area contributed by atoms with E-state index in [2.05, 4.69) is 0 Å². The minimum atomic E-state index is 0. The molecule has 0 fully saturated rings. The van der Waals surface area contributed by atoms with Crippen molar-refractivity contribution in [3.05, 3.63) is 0 Å². The number of hydrogen-bond acceptors (Lipinski definition) is 2. The zero-order valence-corrected chi connectivity index (χ0v) is 5.69. The molecule has 0 amide bonds. The van der Waals surface area contributed by atoms with Gasteiger partial charge in [-0.2, -0.15) is 0 Å². The number of carbonyl (C=O) groups excluding carboxylic acids is 1. The standard InChI is InChI=1S/CH2O.K.H2O/c1-2;;/h1H2;;1H2/q;+1;/p-1. The Kier molecular flexibility index (Phi) is 132. The maximum atomic E-state index is 8.00. The SMILES string of the molecule is C=O.[K+].[OH-]. The minimum Gasteiger partial charge on any atom is -0.870 e. The van der Waals surface area contributed by atoms with E-state index >= 15 is 0 Å². The molecule has 2 nitrogen and oxygen atoms in total. The van der Waals surface area contributed by atoms with Crippen molar-refractivity contribution in [2.24, 2.45) is 0 Å². The van der Waals surface area contributed by atoms with E-state index in [1.54, 1.807) is 0 Å². The van der Waals surface area contributed by atoms with Gasteiger partial charge in [0.25, 0.3) is 0 Å². The van der Waals surface area contributed by atoms with Gasteiger partial charge in [-0.25, -0.2) is 0 Å². The van der Waals surface area contributed by atoms with Gasteiger partial charge in [0, 0.05) is 0 Å². The average molecular weight is 86.1 g/mol. The summed E-state index contributed by atoms with van der Waals surface area (Å²) in [6, 6.07) is 0. The molecule has 0 aliphatic rings. The fourth-order valence-electron chi connectivity index (χ4n) is 0. The van der Waals surface area contributed by atoms with Crippen LogP contribution in [0.15, 0.2) is 0 Å². The molecule has 0 rings (SSSR count). The number of carbonyl (C=O) groups is 1. The van der Waals surface area contributed by atoms with Crippen molar-refractivity contribution >= 4 is 6.79 Å². The summed E-state index contributed by atoms with van der Waals surface area (Å²) in [7, 11) is 0. The molecular weight excluding hydrogens is 83.1 g/mol. The smallest absolute Gasteiger partial charge is 0.870 e. The molecule has 0 bridgehead atoms. The Morgan fingerprint density at radius 1 is 1.25 bits per heavy atom. The summed E-state index contributed by atoms with van der Waals surface area (Å²) in [6.07, 6.45) is 0. The van der Waals surface area contributed by atoms with Crippen molar-refractivity contribution < 1.29 is 61.7 Å². The third-order valence-corrected chi connectivity index (χ3v) is 0. The predicted octanol–water partition coefficient (Wildman–Crippen LogP) is -3.36. The van der Waals surface area contributed by atoms with Gasteiger partial charge < -0.3 is 10.3 Å². The zero-order valence-electron chi connectivity index (χ0n) is 2.56. The van der Waals surface area contributed by atoms with E-state index < -0.39 is 0 Å². The van der Waals surface area contributed by atoms with E-state index in [1.807, 2.05) is 6.79 Å². The first-order valence-electron chi connectivity index (χ1n) is 0.289. The third-order valence-electron chi connectivity index (χ3n) is 0. The van der Waals surface area contributed by atoms with Gasteiger partial charge in [-0.05, 0) is 0 Å². The van der Waals surface area contributed by atoms with Crippen LogP contribution in [0.1, 0.15) is 0 Å². The molecule has 0 atom stereocenters. The van der Waals surface area contributed by atoms with Crippen LogP contribution in [0.4, 0.5) is 0 Å². The Hall–Kier alpha value is 1.27. The Bertz CT molecular complexity index is 6.00. The Morgan fingerprint density at radius 3 is 1.25 bits per heavy atom. The zero-order chi connectivity index (χ0) is 2.00. The van der Waals surface area contributed by atoms with Gasteiger partial charge in [0.15, 0.2) is 0 Å². The molecule has 3 heteroatoms. The molecule has 4 heavy (non-hydrogen) atoms. The Morgan fingerprint density at radius 2 is 1.25 bits per heavy atom. The van der Waals surface area contributed by atoms with Crippen LogP contribution < -0.4 is 51.4 Å². The van der Waals surface area contributed by atoms with Crippen molar-refractivity contribution in [3.63, 3.8) is 0 Å². The molecule has 0 heterocycles. The molecule has 0 aliphatic carbocycles. The van der Waals surface area contributed by atoms with Gasteiger partial charge in [0.1, 0.15) is 6.79 Å². The van der Waals surface area contributed by atoms with Crippen LogP contribution in [0.2, 0.25) is 0 Å². The maximum Gasteiger partial charge on any atom is 1.00 e. The number of hydrogen-bond donors (Lipinski definition) is 0. The Labute approximate surface area is 67.3 Å². The summed E-state index contributed by atoms with van der Waals surface area (Å²) in [6.45, 7) is 2.00. The summed E-state index contributed by atoms with van der Waals surface area (Å²) >= 11 is 0. The topological polar surface area (TPSA) is 47.1 Å². The van der Waals surface area contributed by atoms with Crippen LogP contribution in [0.3, 0.4) is 0 Å². The van der Waals surface area contributed by atoms with Crippen molar-refractivity contribution in [1.29, 1.82) is 0 Å². The van der Waals surface area contributed by atoms with Crippen LogP contribution in [0.25, 0.3) is 0 Å². The first-order chi connectivity index (χ1) is 1.00. The summed E-state index contributed by atoms with van der Waals surface area (Å²) in [5.41, 5.74) is 0. The van der Waals surface area contributed by atoms with E-state index in [1.165, 1.54) is 0 Å². The first kappa shape index (κ1) is 18.7. The summed E-state index contributed by atoms with van der Waals surface area (Å²) in [4.78, 5) is 8.00. The second-order valence-corrected chi connectivity index (χ2v) is 0. The normalized spacial score (nSPS) is 1.00. The molecule has 20 valence electrons. The second-order valence-electron chi connectivity index (χ2n) is 0. The van der Waals surface area contributed by atoms with E-state index in [0.29, 0.717) is 0 Å². The summed E-state index contributed by atoms with van der Waals surface area (Å²) in [5, 5.41) is 0. The molecule has 0 spiro atoms. The molecular formula is CH3KO2. The molecule has 0 radical (unpaired) electrons. The van der Waals surface area contributed by atoms with Crippen LogP contribution in [0.5, 0.6) is 0 Å². The number of rotatable bonds is 0. The van der Waals surface area contributed by atoms with Crippen molar-refractivity contribution in [2.75, 3.05) is 0 Å². The summed E-state index contributed by atoms with van der Waals surface area (Å²) < 4.78 is 0. The molecule has 0 saturated heterocycles. The maximum absolute atomic E-state index is 8.00. The molecule has 0 aromatic rings. The third kappa shape index (κ3) is 10.5. The molecule has 1 N–H and O–H groups in total. The van der Waals surface area contributed by atoms with Crippen molar-refractivity contribution in [1.82, 2.24) is 0 Å². The fourth-order valence-corrected chi connectivity index (χ4v) is 0. The Balaban J connectivity index is -0.00000000500. The molecule has 0 aromatic carbocycles. The molecule has 0 saturated carbocycles. The van der Waals surface area contributed by atoms with Gasteiger partial charge in [-0.15, -0.1) is 0 Å². The van der Waals surface area contributed by atoms with Crippen LogP contribution in [-0.4, -0.2) is 12.3 Å². The van der Waals surface area contributed by atoms with Crippen LogP contribution in [0, 0.1) is 0 Å². The van der Waals surface area contributed by atoms with E-state index in [9.17, 15) is 0 Å². The van der Waals surface area contributed by atoms with Crippen LogP contribution >= 0.6 is 0 Å². The van der Waals surface area contributed by atoms with Gasteiger partial charge >= 0.3 is 51.4 Å². The van der Waals surface area contributed by atoms with E-state index in [0.717, 1.165) is 0 Å².